The van der Waals surface area contributed by atoms with Crippen LogP contribution in [0.4, 0.5) is 11.4 Å². The van der Waals surface area contributed by atoms with E-state index in [2.05, 4.69) is 47.1 Å². The minimum atomic E-state index is 0.290. The molecule has 1 aromatic carbocycles. The summed E-state index contributed by atoms with van der Waals surface area (Å²) in [6, 6.07) is 6.71. The molecule has 88 valence electrons. The van der Waals surface area contributed by atoms with Gasteiger partial charge in [0.2, 0.25) is 0 Å². The summed E-state index contributed by atoms with van der Waals surface area (Å²) in [5.74, 6) is 0. The van der Waals surface area contributed by atoms with Gasteiger partial charge in [0.05, 0.1) is 23.6 Å². The summed E-state index contributed by atoms with van der Waals surface area (Å²) < 4.78 is 1.84. The molecule has 0 radical (unpaired) electrons. The number of anilines is 2. The first-order valence-corrected chi connectivity index (χ1v) is 5.82. The monoisotopic (exact) mass is 228 g/mol. The van der Waals surface area contributed by atoms with Crippen LogP contribution in [0, 0.1) is 6.92 Å². The lowest BCUT2D eigenvalue weighted by molar-refractivity contribution is 0.761. The number of aryl methyl sites for hydroxylation is 2. The topological polar surface area (TPSA) is 41.9 Å². The van der Waals surface area contributed by atoms with Gasteiger partial charge in [-0.3, -0.25) is 4.68 Å². The second-order valence-corrected chi connectivity index (χ2v) is 4.57. The first-order valence-electron chi connectivity index (χ1n) is 5.82. The Morgan fingerprint density at radius 1 is 1.35 bits per heavy atom. The van der Waals surface area contributed by atoms with Crippen LogP contribution in [0.1, 0.15) is 17.2 Å². The predicted molar refractivity (Wildman–Crippen MR) is 69.2 cm³/mol. The zero-order valence-electron chi connectivity index (χ0n) is 10.1. The van der Waals surface area contributed by atoms with Gasteiger partial charge < -0.3 is 10.6 Å². The highest BCUT2D eigenvalue weighted by Gasteiger charge is 2.19. The van der Waals surface area contributed by atoms with Gasteiger partial charge in [0, 0.05) is 25.4 Å². The summed E-state index contributed by atoms with van der Waals surface area (Å²) >= 11 is 0. The molecule has 0 saturated carbocycles. The minimum Gasteiger partial charge on any atom is -0.381 e. The van der Waals surface area contributed by atoms with Gasteiger partial charge in [0.1, 0.15) is 0 Å². The van der Waals surface area contributed by atoms with E-state index in [9.17, 15) is 0 Å². The molecule has 1 aliphatic heterocycles. The van der Waals surface area contributed by atoms with E-state index >= 15 is 0 Å². The molecule has 0 saturated heterocycles. The third-order valence-corrected chi connectivity index (χ3v) is 3.13. The number of nitrogens with one attached hydrogen (secondary N) is 2. The highest BCUT2D eigenvalue weighted by Crippen LogP contribution is 2.31. The largest absolute Gasteiger partial charge is 0.381 e. The summed E-state index contributed by atoms with van der Waals surface area (Å²) in [6.07, 6.45) is 3.97. The van der Waals surface area contributed by atoms with E-state index in [0.717, 1.165) is 6.54 Å². The fourth-order valence-corrected chi connectivity index (χ4v) is 2.20. The second-order valence-electron chi connectivity index (χ2n) is 4.57. The van der Waals surface area contributed by atoms with Crippen molar-refractivity contribution in [1.82, 2.24) is 9.78 Å². The van der Waals surface area contributed by atoms with Gasteiger partial charge in [-0.05, 0) is 24.6 Å². The van der Waals surface area contributed by atoms with Gasteiger partial charge >= 0.3 is 0 Å². The molecule has 0 spiro atoms. The van der Waals surface area contributed by atoms with Crippen LogP contribution in [0.15, 0.2) is 30.6 Å². The number of rotatable bonds is 1. The molecule has 2 aromatic rings. The smallest absolute Gasteiger partial charge is 0.0717 e. The third kappa shape index (κ3) is 1.86. The van der Waals surface area contributed by atoms with E-state index in [4.69, 9.17) is 0 Å². The highest BCUT2D eigenvalue weighted by molar-refractivity contribution is 5.72. The zero-order valence-corrected chi connectivity index (χ0v) is 10.1. The molecule has 0 fully saturated rings. The Kier molecular flexibility index (Phi) is 2.28. The van der Waals surface area contributed by atoms with Gasteiger partial charge in [-0.2, -0.15) is 5.10 Å². The third-order valence-electron chi connectivity index (χ3n) is 3.13. The Balaban J connectivity index is 1.89. The van der Waals surface area contributed by atoms with Crippen LogP contribution >= 0.6 is 0 Å². The van der Waals surface area contributed by atoms with Crippen molar-refractivity contribution in [2.45, 2.75) is 13.0 Å². The highest BCUT2D eigenvalue weighted by atomic mass is 15.2. The standard InChI is InChI=1S/C13H16N4/c1-9-3-4-11-12(5-9)16-13(7-14-11)10-6-15-17(2)8-10/h3-6,8,13-14,16H,7H2,1-2H3. The van der Waals surface area contributed by atoms with Crippen LogP contribution in [-0.2, 0) is 7.05 Å². The van der Waals surface area contributed by atoms with Crippen LogP contribution < -0.4 is 10.6 Å². The van der Waals surface area contributed by atoms with Crippen LogP contribution in [0.5, 0.6) is 0 Å². The van der Waals surface area contributed by atoms with Crippen molar-refractivity contribution < 1.29 is 0 Å². The van der Waals surface area contributed by atoms with Crippen molar-refractivity contribution in [3.63, 3.8) is 0 Å². The van der Waals surface area contributed by atoms with Gasteiger partial charge in [-0.15, -0.1) is 0 Å². The second kappa shape index (κ2) is 3.80. The molecule has 0 amide bonds. The number of nitrogens with zero attached hydrogens (tertiary/aromatic N) is 2. The van der Waals surface area contributed by atoms with E-state index < -0.39 is 0 Å². The molecule has 0 bridgehead atoms. The first-order chi connectivity index (χ1) is 8.22. The molecular formula is C13H16N4. The van der Waals surface area contributed by atoms with E-state index in [1.807, 2.05) is 17.9 Å². The Labute approximate surface area is 101 Å². The average molecular weight is 228 g/mol. The van der Waals surface area contributed by atoms with Gasteiger partial charge in [-0.25, -0.2) is 0 Å². The average Bonchev–Trinajstić information content (AvgIpc) is 2.75. The number of hydrogen-bond donors (Lipinski definition) is 2. The van der Waals surface area contributed by atoms with Crippen molar-refractivity contribution in [2.24, 2.45) is 7.05 Å². The summed E-state index contributed by atoms with van der Waals surface area (Å²) in [5, 5.41) is 11.2. The normalized spacial score (nSPS) is 18.1. The number of hydrogen-bond acceptors (Lipinski definition) is 3. The molecule has 4 heteroatoms. The number of fused-ring (bicyclic) bond motifs is 1. The van der Waals surface area contributed by atoms with Gasteiger partial charge in [-0.1, -0.05) is 6.07 Å². The maximum absolute atomic E-state index is 4.21. The van der Waals surface area contributed by atoms with Gasteiger partial charge in [0.25, 0.3) is 0 Å². The molecule has 1 aliphatic rings. The van der Waals surface area contributed by atoms with E-state index in [-0.39, 0.29) is 6.04 Å². The van der Waals surface area contributed by atoms with E-state index in [0.29, 0.717) is 0 Å². The predicted octanol–water partition coefficient (Wildman–Crippen LogP) is 2.31. The van der Waals surface area contributed by atoms with Gasteiger partial charge in [0.15, 0.2) is 0 Å². The van der Waals surface area contributed by atoms with Crippen molar-refractivity contribution in [2.75, 3.05) is 17.2 Å². The Morgan fingerprint density at radius 2 is 2.24 bits per heavy atom. The molecule has 0 aliphatic carbocycles. The molecule has 1 atom stereocenters. The van der Waals surface area contributed by atoms with Crippen molar-refractivity contribution in [3.05, 3.63) is 41.7 Å². The SMILES string of the molecule is Cc1ccc2c(c1)NC(c1cnn(C)c1)CN2. The van der Waals surface area contributed by atoms with Crippen LogP contribution in [0.25, 0.3) is 0 Å². The lowest BCUT2D eigenvalue weighted by Crippen LogP contribution is -2.25. The lowest BCUT2D eigenvalue weighted by Gasteiger charge is -2.28. The van der Waals surface area contributed by atoms with E-state index in [1.165, 1.54) is 22.5 Å². The van der Waals surface area contributed by atoms with Crippen LogP contribution in [0.3, 0.4) is 0 Å². The molecule has 2 N–H and O–H groups in total. The molecule has 1 aromatic heterocycles. The molecular weight excluding hydrogens is 212 g/mol. The fourth-order valence-electron chi connectivity index (χ4n) is 2.20. The number of aromatic nitrogens is 2. The Bertz CT molecular complexity index is 544. The molecule has 17 heavy (non-hydrogen) atoms. The maximum atomic E-state index is 4.21. The fraction of sp³-hybridized carbons (Fsp3) is 0.308. The minimum absolute atomic E-state index is 0.290. The Morgan fingerprint density at radius 3 is 3.00 bits per heavy atom. The number of benzene rings is 1. The molecule has 3 rings (SSSR count). The zero-order chi connectivity index (χ0) is 11.8. The van der Waals surface area contributed by atoms with E-state index in [1.54, 1.807) is 0 Å². The summed E-state index contributed by atoms with van der Waals surface area (Å²) in [6.45, 7) is 3.00. The summed E-state index contributed by atoms with van der Waals surface area (Å²) in [4.78, 5) is 0. The van der Waals surface area contributed by atoms with Crippen LogP contribution in [-0.4, -0.2) is 16.3 Å². The Hall–Kier alpha value is -1.97. The molecule has 1 unspecified atom stereocenters. The quantitative estimate of drug-likeness (QED) is 0.787. The van der Waals surface area contributed by atoms with Crippen LogP contribution in [0.2, 0.25) is 0 Å². The molecule has 4 nitrogen and oxygen atoms in total. The first kappa shape index (κ1) is 10.2. The lowest BCUT2D eigenvalue weighted by atomic mass is 10.1. The van der Waals surface area contributed by atoms with Crippen molar-refractivity contribution in [3.8, 4) is 0 Å². The molecule has 2 heterocycles. The van der Waals surface area contributed by atoms with Crippen molar-refractivity contribution in [1.29, 1.82) is 0 Å². The van der Waals surface area contributed by atoms with Crippen molar-refractivity contribution >= 4 is 11.4 Å². The summed E-state index contributed by atoms with van der Waals surface area (Å²) in [7, 11) is 1.94. The summed E-state index contributed by atoms with van der Waals surface area (Å²) in [5.41, 5.74) is 4.83. The maximum Gasteiger partial charge on any atom is 0.0717 e.